The van der Waals surface area contributed by atoms with Crippen LogP contribution in [0.2, 0.25) is 0 Å². The van der Waals surface area contributed by atoms with Crippen LogP contribution in [0.1, 0.15) is 59.8 Å². The molecular weight excluding hydrogens is 355 g/mol. The third-order valence-corrected chi connectivity index (χ3v) is 7.71. The highest BCUT2D eigenvalue weighted by Gasteiger charge is 2.55. The van der Waals surface area contributed by atoms with Crippen LogP contribution in [0, 0.1) is 5.92 Å². The summed E-state index contributed by atoms with van der Waals surface area (Å²) in [4.78, 5) is 23.0. The molecule has 8 heteroatoms. The van der Waals surface area contributed by atoms with Crippen LogP contribution in [-0.2, 0) is 14.1 Å². The number of nitrogens with zero attached hydrogens (tertiary/aromatic N) is 3. The second-order valence-electron chi connectivity index (χ2n) is 10.1. The van der Waals surface area contributed by atoms with Crippen molar-refractivity contribution in [2.45, 2.75) is 88.6 Å². The Hall–Kier alpha value is -1.67. The van der Waals surface area contributed by atoms with Gasteiger partial charge in [-0.3, -0.25) is 9.78 Å². The van der Waals surface area contributed by atoms with E-state index < -0.39 is 7.12 Å². The van der Waals surface area contributed by atoms with Crippen molar-refractivity contribution in [1.29, 1.82) is 0 Å². The number of anilines is 1. The van der Waals surface area contributed by atoms with Crippen molar-refractivity contribution in [2.75, 3.05) is 4.90 Å². The van der Waals surface area contributed by atoms with Crippen LogP contribution in [0.3, 0.4) is 0 Å². The normalized spacial score (nSPS) is 37.4. The summed E-state index contributed by atoms with van der Waals surface area (Å²) in [5.41, 5.74) is -0.0669. The first-order valence-electron chi connectivity index (χ1n) is 10.4. The number of carbonyl (C=O) groups is 1. The lowest BCUT2D eigenvalue weighted by atomic mass is 9.59. The molecule has 1 aromatic heterocycles. The summed E-state index contributed by atoms with van der Waals surface area (Å²) in [6.45, 7) is 8.16. The third-order valence-electron chi connectivity index (χ3n) is 7.71. The molecule has 4 heterocycles. The van der Waals surface area contributed by atoms with Gasteiger partial charge in [-0.05, 0) is 65.7 Å². The maximum atomic E-state index is 11.1. The predicted molar refractivity (Wildman–Crippen MR) is 106 cm³/mol. The summed E-state index contributed by atoms with van der Waals surface area (Å²) >= 11 is 0. The molecule has 7 nitrogen and oxygen atoms in total. The SMILES string of the molecule is CC1(C)OB(c2cnc(N3C4CC5CC3CC(NC=O)(C5)C4)cn2)OC1(C)C. The molecule has 150 valence electrons. The van der Waals surface area contributed by atoms with Gasteiger partial charge in [-0.15, -0.1) is 0 Å². The molecular formula is C20H29BN4O3. The molecule has 0 aromatic carbocycles. The van der Waals surface area contributed by atoms with Gasteiger partial charge in [-0.2, -0.15) is 0 Å². The monoisotopic (exact) mass is 384 g/mol. The topological polar surface area (TPSA) is 76.6 Å². The second-order valence-corrected chi connectivity index (χ2v) is 10.1. The highest BCUT2D eigenvalue weighted by atomic mass is 16.7. The molecule has 6 rings (SSSR count). The second kappa shape index (κ2) is 5.92. The van der Waals surface area contributed by atoms with Crippen molar-refractivity contribution in [2.24, 2.45) is 5.92 Å². The number of rotatable bonds is 4. The van der Waals surface area contributed by atoms with Crippen LogP contribution < -0.4 is 15.8 Å². The zero-order chi connectivity index (χ0) is 19.7. The van der Waals surface area contributed by atoms with E-state index in [1.54, 1.807) is 6.20 Å². The van der Waals surface area contributed by atoms with Gasteiger partial charge in [0, 0.05) is 23.8 Å². The van der Waals surface area contributed by atoms with Gasteiger partial charge in [0.1, 0.15) is 5.82 Å². The van der Waals surface area contributed by atoms with E-state index >= 15 is 0 Å². The highest BCUT2D eigenvalue weighted by molar-refractivity contribution is 6.61. The average Bonchev–Trinajstić information content (AvgIpc) is 2.82. The van der Waals surface area contributed by atoms with Crippen LogP contribution in [0.15, 0.2) is 12.4 Å². The maximum absolute atomic E-state index is 11.1. The summed E-state index contributed by atoms with van der Waals surface area (Å²) < 4.78 is 12.2. The third kappa shape index (κ3) is 2.68. The van der Waals surface area contributed by atoms with E-state index in [9.17, 15) is 4.79 Å². The Bertz CT molecular complexity index is 752. The van der Waals surface area contributed by atoms with Gasteiger partial charge < -0.3 is 19.5 Å². The minimum absolute atomic E-state index is 0.00912. The van der Waals surface area contributed by atoms with Gasteiger partial charge in [0.05, 0.1) is 23.0 Å². The molecule has 4 bridgehead atoms. The molecule has 3 saturated heterocycles. The van der Waals surface area contributed by atoms with Crippen LogP contribution in [0.4, 0.5) is 5.82 Å². The molecule has 2 unspecified atom stereocenters. The standard InChI is InChI=1S/C20H29BN4O3/c1-18(2)19(3,4)28-21(27-18)16-10-23-17(11-22-16)25-14-5-13-6-15(25)9-20(7-13,8-14)24-12-26/h10-15H,5-9H2,1-4H3,(H,24,26). The number of nitrogens with one attached hydrogen (secondary N) is 1. The molecule has 5 fully saturated rings. The van der Waals surface area contributed by atoms with E-state index in [1.807, 2.05) is 33.9 Å². The first-order valence-corrected chi connectivity index (χ1v) is 10.4. The van der Waals surface area contributed by atoms with E-state index in [-0.39, 0.29) is 16.7 Å². The molecule has 0 radical (unpaired) electrons. The molecule has 1 amide bonds. The van der Waals surface area contributed by atoms with E-state index in [0.717, 1.165) is 31.5 Å². The molecule has 1 N–H and O–H groups in total. The Morgan fingerprint density at radius 2 is 1.71 bits per heavy atom. The van der Waals surface area contributed by atoms with Crippen LogP contribution in [0.25, 0.3) is 0 Å². The smallest absolute Gasteiger partial charge is 0.398 e. The highest BCUT2D eigenvalue weighted by Crippen LogP contribution is 2.52. The number of aromatic nitrogens is 2. The van der Waals surface area contributed by atoms with Crippen molar-refractivity contribution in [3.63, 3.8) is 0 Å². The van der Waals surface area contributed by atoms with E-state index in [4.69, 9.17) is 14.3 Å². The minimum atomic E-state index is -0.486. The fourth-order valence-corrected chi connectivity index (χ4v) is 5.85. The van der Waals surface area contributed by atoms with Crippen molar-refractivity contribution in [3.8, 4) is 0 Å². The number of hydrogen-bond acceptors (Lipinski definition) is 6. The maximum Gasteiger partial charge on any atom is 0.516 e. The van der Waals surface area contributed by atoms with Gasteiger partial charge in [0.25, 0.3) is 0 Å². The molecule has 2 saturated carbocycles. The van der Waals surface area contributed by atoms with E-state index in [0.29, 0.717) is 23.6 Å². The van der Waals surface area contributed by atoms with Gasteiger partial charge in [0.15, 0.2) is 0 Å². The van der Waals surface area contributed by atoms with Crippen molar-refractivity contribution >= 4 is 24.9 Å². The van der Waals surface area contributed by atoms with E-state index in [2.05, 4.69) is 15.2 Å². The molecule has 2 atom stereocenters. The Kier molecular flexibility index (Phi) is 3.88. The Balaban J connectivity index is 1.36. The number of amides is 1. The average molecular weight is 384 g/mol. The lowest BCUT2D eigenvalue weighted by Gasteiger charge is -2.61. The van der Waals surface area contributed by atoms with Gasteiger partial charge in [0.2, 0.25) is 6.41 Å². The summed E-state index contributed by atoms with van der Waals surface area (Å²) in [6.07, 6.45) is 10.0. The molecule has 2 aliphatic carbocycles. The lowest BCUT2D eigenvalue weighted by Crippen LogP contribution is -2.68. The van der Waals surface area contributed by atoms with Crippen molar-refractivity contribution in [3.05, 3.63) is 12.4 Å². The quantitative estimate of drug-likeness (QED) is 0.625. The fraction of sp³-hybridized carbons (Fsp3) is 0.750. The zero-order valence-electron chi connectivity index (χ0n) is 17.1. The van der Waals surface area contributed by atoms with Crippen LogP contribution in [0.5, 0.6) is 0 Å². The van der Waals surface area contributed by atoms with Gasteiger partial charge >= 0.3 is 7.12 Å². The Morgan fingerprint density at radius 3 is 2.25 bits per heavy atom. The Labute approximate surface area is 166 Å². The molecule has 28 heavy (non-hydrogen) atoms. The number of piperidine rings is 2. The molecule has 1 aromatic rings. The molecule has 3 aliphatic heterocycles. The summed E-state index contributed by atoms with van der Waals surface area (Å²) in [5.74, 6) is 1.63. The first kappa shape index (κ1) is 18.4. The fourth-order valence-electron chi connectivity index (χ4n) is 5.85. The van der Waals surface area contributed by atoms with Crippen molar-refractivity contribution < 1.29 is 14.1 Å². The predicted octanol–water partition coefficient (Wildman–Crippen LogP) is 1.41. The Morgan fingerprint density at radius 1 is 1.07 bits per heavy atom. The summed E-state index contributed by atoms with van der Waals surface area (Å²) in [7, 11) is -0.486. The zero-order valence-corrected chi connectivity index (χ0v) is 17.1. The van der Waals surface area contributed by atoms with Gasteiger partial charge in [-0.25, -0.2) is 4.98 Å². The van der Waals surface area contributed by atoms with Crippen LogP contribution in [-0.4, -0.2) is 52.3 Å². The lowest BCUT2D eigenvalue weighted by molar-refractivity contribution is -0.113. The molecule has 0 spiro atoms. The molecule has 5 aliphatic rings. The van der Waals surface area contributed by atoms with Crippen molar-refractivity contribution in [1.82, 2.24) is 15.3 Å². The summed E-state index contributed by atoms with van der Waals surface area (Å²) in [5, 5.41) is 3.15. The first-order chi connectivity index (χ1) is 13.2. The van der Waals surface area contributed by atoms with E-state index in [1.165, 1.54) is 12.8 Å². The summed E-state index contributed by atoms with van der Waals surface area (Å²) in [6, 6.07) is 0.853. The van der Waals surface area contributed by atoms with Gasteiger partial charge in [-0.1, -0.05) is 0 Å². The number of carbonyl (C=O) groups excluding carboxylic acids is 1. The number of hydrogen-bond donors (Lipinski definition) is 1. The van der Waals surface area contributed by atoms with Crippen LogP contribution >= 0.6 is 0 Å². The minimum Gasteiger partial charge on any atom is -0.398 e. The largest absolute Gasteiger partial charge is 0.516 e.